The van der Waals surface area contributed by atoms with E-state index in [1.54, 1.807) is 13.2 Å². The third-order valence-electron chi connectivity index (χ3n) is 4.49. The average molecular weight is 256 g/mol. The lowest BCUT2D eigenvalue weighted by Gasteiger charge is -2.24. The fourth-order valence-corrected chi connectivity index (χ4v) is 3.63. The van der Waals surface area contributed by atoms with Crippen LogP contribution in [0.25, 0.3) is 10.8 Å². The molecule has 3 heteroatoms. The van der Waals surface area contributed by atoms with E-state index in [0.29, 0.717) is 5.75 Å². The first-order chi connectivity index (χ1) is 9.25. The Morgan fingerprint density at radius 3 is 2.63 bits per heavy atom. The number of rotatable bonds is 1. The number of hydrogen-bond acceptors (Lipinski definition) is 3. The second-order valence-corrected chi connectivity index (χ2v) is 5.45. The van der Waals surface area contributed by atoms with Crippen LogP contribution in [0.4, 0.5) is 0 Å². The molecule has 1 fully saturated rings. The van der Waals surface area contributed by atoms with E-state index in [0.717, 1.165) is 29.4 Å². The van der Waals surface area contributed by atoms with Gasteiger partial charge in [-0.1, -0.05) is 6.07 Å². The van der Waals surface area contributed by atoms with E-state index in [1.165, 1.54) is 18.4 Å². The number of benzene rings is 2. The predicted molar refractivity (Wildman–Crippen MR) is 72.9 cm³/mol. The van der Waals surface area contributed by atoms with Crippen molar-refractivity contribution in [2.24, 2.45) is 0 Å². The van der Waals surface area contributed by atoms with E-state index >= 15 is 0 Å². The molecule has 2 aromatic rings. The molecule has 3 nitrogen and oxygen atoms in total. The van der Waals surface area contributed by atoms with Crippen LogP contribution in [0.1, 0.15) is 31.2 Å². The van der Waals surface area contributed by atoms with Gasteiger partial charge in [-0.05, 0) is 43.9 Å². The lowest BCUT2D eigenvalue weighted by atomic mass is 9.89. The van der Waals surface area contributed by atoms with Gasteiger partial charge in [-0.15, -0.1) is 0 Å². The zero-order valence-corrected chi connectivity index (χ0v) is 10.9. The molecular formula is C16H16O3. The normalized spacial score (nSPS) is 19.0. The molecule has 0 atom stereocenters. The molecule has 1 spiro atoms. The van der Waals surface area contributed by atoms with E-state index in [4.69, 9.17) is 9.47 Å². The smallest absolute Gasteiger partial charge is 0.135 e. The number of methoxy groups -OCH3 is 1. The first-order valence-corrected chi connectivity index (χ1v) is 6.77. The van der Waals surface area contributed by atoms with E-state index in [-0.39, 0.29) is 11.4 Å². The number of phenolic OH excluding ortho intramolecular Hbond substituents is 1. The molecular weight excluding hydrogens is 240 g/mol. The molecule has 0 aromatic heterocycles. The van der Waals surface area contributed by atoms with Gasteiger partial charge in [0.2, 0.25) is 0 Å². The minimum atomic E-state index is -0.166. The van der Waals surface area contributed by atoms with E-state index < -0.39 is 0 Å². The van der Waals surface area contributed by atoms with Crippen molar-refractivity contribution in [1.82, 2.24) is 0 Å². The summed E-state index contributed by atoms with van der Waals surface area (Å²) in [4.78, 5) is 0. The third-order valence-corrected chi connectivity index (χ3v) is 4.49. The van der Waals surface area contributed by atoms with Gasteiger partial charge < -0.3 is 14.6 Å². The summed E-state index contributed by atoms with van der Waals surface area (Å²) in [6, 6.07) is 7.60. The monoisotopic (exact) mass is 256 g/mol. The maximum atomic E-state index is 10.2. The molecule has 0 unspecified atom stereocenters. The van der Waals surface area contributed by atoms with Gasteiger partial charge >= 0.3 is 0 Å². The summed E-state index contributed by atoms with van der Waals surface area (Å²) in [5.74, 6) is 1.84. The van der Waals surface area contributed by atoms with Gasteiger partial charge in [0.15, 0.2) is 0 Å². The van der Waals surface area contributed by atoms with Crippen molar-refractivity contribution in [2.75, 3.05) is 7.11 Å². The first-order valence-electron chi connectivity index (χ1n) is 6.77. The van der Waals surface area contributed by atoms with Gasteiger partial charge in [-0.25, -0.2) is 0 Å². The zero-order valence-electron chi connectivity index (χ0n) is 10.9. The summed E-state index contributed by atoms with van der Waals surface area (Å²) in [6.45, 7) is 0. The lowest BCUT2D eigenvalue weighted by Crippen LogP contribution is -2.25. The van der Waals surface area contributed by atoms with Gasteiger partial charge in [0.25, 0.3) is 0 Å². The Kier molecular flexibility index (Phi) is 2.06. The molecule has 1 N–H and O–H groups in total. The average Bonchev–Trinajstić information content (AvgIpc) is 3.02. The molecule has 1 saturated carbocycles. The van der Waals surface area contributed by atoms with Gasteiger partial charge in [-0.3, -0.25) is 0 Å². The molecule has 1 aliphatic carbocycles. The molecule has 0 saturated heterocycles. The van der Waals surface area contributed by atoms with Gasteiger partial charge in [-0.2, -0.15) is 0 Å². The highest BCUT2D eigenvalue weighted by Crippen LogP contribution is 2.55. The molecule has 19 heavy (non-hydrogen) atoms. The maximum Gasteiger partial charge on any atom is 0.135 e. The van der Waals surface area contributed by atoms with Crippen LogP contribution in [-0.2, 0) is 5.60 Å². The zero-order chi connectivity index (χ0) is 13.0. The fourth-order valence-electron chi connectivity index (χ4n) is 3.63. The van der Waals surface area contributed by atoms with E-state index in [2.05, 4.69) is 6.07 Å². The Hall–Kier alpha value is -1.90. The number of hydrogen-bond donors (Lipinski definition) is 1. The summed E-state index contributed by atoms with van der Waals surface area (Å²) in [7, 11) is 1.63. The Labute approximate surface area is 111 Å². The predicted octanol–water partition coefficient (Wildman–Crippen LogP) is 3.72. The number of fused-ring (bicyclic) bond motifs is 1. The first kappa shape index (κ1) is 11.0. The molecule has 1 aliphatic heterocycles. The van der Waals surface area contributed by atoms with Crippen LogP contribution in [0.5, 0.6) is 17.2 Å². The number of ether oxygens (including phenoxy) is 2. The topological polar surface area (TPSA) is 38.7 Å². The van der Waals surface area contributed by atoms with E-state index in [9.17, 15) is 5.11 Å². The molecule has 1 heterocycles. The van der Waals surface area contributed by atoms with Gasteiger partial charge in [0, 0.05) is 10.9 Å². The Morgan fingerprint density at radius 1 is 1.11 bits per heavy atom. The van der Waals surface area contributed by atoms with Crippen molar-refractivity contribution in [3.05, 3.63) is 29.8 Å². The lowest BCUT2D eigenvalue weighted by molar-refractivity contribution is 0.0896. The maximum absolute atomic E-state index is 10.2. The molecule has 2 aliphatic rings. The summed E-state index contributed by atoms with van der Waals surface area (Å²) in [5, 5.41) is 12.0. The second kappa shape index (κ2) is 3.56. The number of phenols is 1. The molecule has 0 bridgehead atoms. The van der Waals surface area contributed by atoms with Crippen LogP contribution in [0.15, 0.2) is 24.3 Å². The van der Waals surface area contributed by atoms with Gasteiger partial charge in [0.1, 0.15) is 22.8 Å². The van der Waals surface area contributed by atoms with Crippen molar-refractivity contribution in [3.8, 4) is 17.2 Å². The highest BCUT2D eigenvalue weighted by molar-refractivity contribution is 6.01. The van der Waals surface area contributed by atoms with Crippen LogP contribution >= 0.6 is 0 Å². The van der Waals surface area contributed by atoms with Crippen LogP contribution in [-0.4, -0.2) is 12.2 Å². The molecule has 2 aromatic carbocycles. The van der Waals surface area contributed by atoms with Crippen molar-refractivity contribution >= 4 is 10.8 Å². The third kappa shape index (κ3) is 1.28. The standard InChI is InChI=1S/C16H16O3/c1-18-12-6-4-10-14-13(7-5-11(17)15(12)14)19-16(10)8-2-3-9-16/h4-7,17H,2-3,8-9H2,1H3. The van der Waals surface area contributed by atoms with Gasteiger partial charge in [0.05, 0.1) is 12.5 Å². The van der Waals surface area contributed by atoms with Crippen molar-refractivity contribution in [1.29, 1.82) is 0 Å². The second-order valence-electron chi connectivity index (χ2n) is 5.45. The highest BCUT2D eigenvalue weighted by Gasteiger charge is 2.44. The SMILES string of the molecule is COc1ccc2c3c(ccc(O)c13)OC21CCCC1. The minimum Gasteiger partial charge on any atom is -0.507 e. The fraction of sp³-hybridized carbons (Fsp3) is 0.375. The van der Waals surface area contributed by atoms with Crippen LogP contribution < -0.4 is 9.47 Å². The summed E-state index contributed by atoms with van der Waals surface area (Å²) < 4.78 is 11.6. The molecule has 0 amide bonds. The Morgan fingerprint density at radius 2 is 1.89 bits per heavy atom. The summed E-state index contributed by atoms with van der Waals surface area (Å²) in [5.41, 5.74) is 1.05. The quantitative estimate of drug-likeness (QED) is 0.845. The largest absolute Gasteiger partial charge is 0.507 e. The van der Waals surface area contributed by atoms with Crippen molar-refractivity contribution in [3.63, 3.8) is 0 Å². The highest BCUT2D eigenvalue weighted by atomic mass is 16.5. The Balaban J connectivity index is 2.09. The van der Waals surface area contributed by atoms with Crippen LogP contribution in [0.3, 0.4) is 0 Å². The van der Waals surface area contributed by atoms with E-state index in [1.807, 2.05) is 12.1 Å². The van der Waals surface area contributed by atoms with Crippen molar-refractivity contribution < 1.29 is 14.6 Å². The molecule has 98 valence electrons. The number of aromatic hydroxyl groups is 1. The summed E-state index contributed by atoms with van der Waals surface area (Å²) >= 11 is 0. The van der Waals surface area contributed by atoms with Crippen molar-refractivity contribution in [2.45, 2.75) is 31.3 Å². The minimum absolute atomic E-state index is 0.166. The molecule has 4 rings (SSSR count). The molecule has 0 radical (unpaired) electrons. The van der Waals surface area contributed by atoms with Crippen LogP contribution in [0.2, 0.25) is 0 Å². The summed E-state index contributed by atoms with van der Waals surface area (Å²) in [6.07, 6.45) is 4.52. The van der Waals surface area contributed by atoms with Crippen LogP contribution in [0, 0.1) is 0 Å². The Bertz CT molecular complexity index is 669.